The number of fused-ring (bicyclic) bond motifs is 1. The van der Waals surface area contributed by atoms with Crippen molar-refractivity contribution in [2.24, 2.45) is 10.2 Å². The standard InChI is InChI=1S/C20H24N6O/c1-4-5-8-20(24-25-20)9-10-21-19(27)15-11-17(14-6-7-14)23-18-16(15)12-22-26(18)13(2)3/h1,11-14H,5-10H2,2-3H3,(H,21,27). The fraction of sp³-hybridized carbons (Fsp3) is 0.550. The monoisotopic (exact) mass is 364 g/mol. The summed E-state index contributed by atoms with van der Waals surface area (Å²) in [5.41, 5.74) is 2.05. The van der Waals surface area contributed by atoms with E-state index in [-0.39, 0.29) is 17.6 Å². The van der Waals surface area contributed by atoms with Crippen molar-refractivity contribution in [3.8, 4) is 12.3 Å². The van der Waals surface area contributed by atoms with E-state index in [9.17, 15) is 4.79 Å². The van der Waals surface area contributed by atoms with Crippen LogP contribution >= 0.6 is 0 Å². The summed E-state index contributed by atoms with van der Waals surface area (Å²) in [4.78, 5) is 17.7. The largest absolute Gasteiger partial charge is 0.352 e. The lowest BCUT2D eigenvalue weighted by Gasteiger charge is -2.12. The van der Waals surface area contributed by atoms with Crippen LogP contribution in [0.5, 0.6) is 0 Å². The molecule has 1 saturated carbocycles. The van der Waals surface area contributed by atoms with Gasteiger partial charge in [0.25, 0.3) is 5.91 Å². The molecule has 0 unspecified atom stereocenters. The average molecular weight is 364 g/mol. The molecule has 4 rings (SSSR count). The van der Waals surface area contributed by atoms with Crippen LogP contribution in [0.3, 0.4) is 0 Å². The Morgan fingerprint density at radius 3 is 2.81 bits per heavy atom. The van der Waals surface area contributed by atoms with Gasteiger partial charge < -0.3 is 5.32 Å². The zero-order valence-electron chi connectivity index (χ0n) is 15.8. The maximum Gasteiger partial charge on any atom is 0.252 e. The predicted molar refractivity (Wildman–Crippen MR) is 102 cm³/mol. The summed E-state index contributed by atoms with van der Waals surface area (Å²) in [7, 11) is 0. The number of hydrogen-bond acceptors (Lipinski definition) is 5. The maximum absolute atomic E-state index is 12.9. The van der Waals surface area contributed by atoms with E-state index in [1.807, 2.05) is 10.7 Å². The SMILES string of the molecule is C#CCCC1(CCNC(=O)c2cc(C3CC3)nc3c2cnn3C(C)C)N=N1. The van der Waals surface area contributed by atoms with Crippen molar-refractivity contribution in [3.63, 3.8) is 0 Å². The van der Waals surface area contributed by atoms with Crippen molar-refractivity contribution in [1.29, 1.82) is 0 Å². The van der Waals surface area contributed by atoms with Crippen LogP contribution in [-0.2, 0) is 0 Å². The molecule has 2 aliphatic rings. The second-order valence-electron chi connectivity index (χ2n) is 7.68. The summed E-state index contributed by atoms with van der Waals surface area (Å²) in [5.74, 6) is 2.99. The number of nitrogens with zero attached hydrogens (tertiary/aromatic N) is 5. The van der Waals surface area contributed by atoms with Gasteiger partial charge in [-0.15, -0.1) is 12.3 Å². The first kappa shape index (κ1) is 17.7. The molecule has 2 aromatic rings. The summed E-state index contributed by atoms with van der Waals surface area (Å²) >= 11 is 0. The molecule has 1 aliphatic heterocycles. The zero-order chi connectivity index (χ0) is 19.0. The van der Waals surface area contributed by atoms with Gasteiger partial charge in [-0.25, -0.2) is 9.67 Å². The number of hydrogen-bond donors (Lipinski definition) is 1. The third-order valence-electron chi connectivity index (χ3n) is 5.18. The van der Waals surface area contributed by atoms with E-state index in [2.05, 4.69) is 40.4 Å². The molecule has 0 aromatic carbocycles. The molecule has 27 heavy (non-hydrogen) atoms. The number of terminal acetylenes is 1. The lowest BCUT2D eigenvalue weighted by atomic mass is 10.0. The summed E-state index contributed by atoms with van der Waals surface area (Å²) in [5, 5.41) is 16.5. The molecule has 0 spiro atoms. The first-order valence-electron chi connectivity index (χ1n) is 9.57. The molecule has 2 aromatic heterocycles. The topological polar surface area (TPSA) is 84.5 Å². The molecule has 1 aliphatic carbocycles. The summed E-state index contributed by atoms with van der Waals surface area (Å²) in [6.07, 6.45) is 11.4. The Balaban J connectivity index is 1.52. The summed E-state index contributed by atoms with van der Waals surface area (Å²) < 4.78 is 1.88. The van der Waals surface area contributed by atoms with Crippen LogP contribution in [0.25, 0.3) is 11.0 Å². The molecule has 140 valence electrons. The van der Waals surface area contributed by atoms with Gasteiger partial charge in [0.1, 0.15) is 0 Å². The van der Waals surface area contributed by atoms with Crippen LogP contribution in [0.1, 0.15) is 74.0 Å². The Hall–Kier alpha value is -2.75. The Labute approximate surface area is 158 Å². The van der Waals surface area contributed by atoms with Crippen molar-refractivity contribution in [2.75, 3.05) is 6.54 Å². The lowest BCUT2D eigenvalue weighted by Crippen LogP contribution is -2.28. The molecular formula is C20H24N6O. The van der Waals surface area contributed by atoms with Crippen molar-refractivity contribution in [3.05, 3.63) is 23.5 Å². The van der Waals surface area contributed by atoms with Gasteiger partial charge in [-0.2, -0.15) is 15.3 Å². The summed E-state index contributed by atoms with van der Waals surface area (Å²) in [6.45, 7) is 4.64. The average Bonchev–Trinajstić information content (AvgIpc) is 3.57. The molecule has 0 saturated heterocycles. The van der Waals surface area contributed by atoms with Crippen molar-refractivity contribution < 1.29 is 4.79 Å². The fourth-order valence-corrected chi connectivity index (χ4v) is 3.33. The van der Waals surface area contributed by atoms with Gasteiger partial charge in [-0.3, -0.25) is 4.79 Å². The second kappa shape index (κ2) is 6.76. The van der Waals surface area contributed by atoms with E-state index in [1.165, 1.54) is 0 Å². The highest BCUT2D eigenvalue weighted by molar-refractivity contribution is 6.05. The molecule has 7 heteroatoms. The third-order valence-corrected chi connectivity index (χ3v) is 5.18. The maximum atomic E-state index is 12.9. The fourth-order valence-electron chi connectivity index (χ4n) is 3.33. The van der Waals surface area contributed by atoms with Crippen LogP contribution < -0.4 is 5.32 Å². The zero-order valence-corrected chi connectivity index (χ0v) is 15.8. The molecule has 1 fully saturated rings. The highest BCUT2D eigenvalue weighted by Crippen LogP contribution is 2.40. The number of carbonyl (C=O) groups is 1. The number of carbonyl (C=O) groups excluding carboxylic acids is 1. The number of aromatic nitrogens is 3. The first-order chi connectivity index (χ1) is 13.0. The van der Waals surface area contributed by atoms with Crippen LogP contribution in [0.15, 0.2) is 22.5 Å². The van der Waals surface area contributed by atoms with Gasteiger partial charge >= 0.3 is 0 Å². The van der Waals surface area contributed by atoms with E-state index in [4.69, 9.17) is 11.4 Å². The van der Waals surface area contributed by atoms with Crippen LogP contribution in [0.2, 0.25) is 0 Å². The molecule has 7 nitrogen and oxygen atoms in total. The van der Waals surface area contributed by atoms with E-state index < -0.39 is 0 Å². The van der Waals surface area contributed by atoms with Crippen LogP contribution in [-0.4, -0.2) is 32.9 Å². The smallest absolute Gasteiger partial charge is 0.252 e. The van der Waals surface area contributed by atoms with E-state index in [0.717, 1.165) is 36.0 Å². The van der Waals surface area contributed by atoms with Gasteiger partial charge in [0, 0.05) is 43.5 Å². The Kier molecular flexibility index (Phi) is 4.42. The number of nitrogens with one attached hydrogen (secondary N) is 1. The normalized spacial score (nSPS) is 17.3. The highest BCUT2D eigenvalue weighted by Gasteiger charge is 2.38. The minimum Gasteiger partial charge on any atom is -0.352 e. The van der Waals surface area contributed by atoms with E-state index in [1.54, 1.807) is 6.20 Å². The minimum atomic E-state index is -0.380. The van der Waals surface area contributed by atoms with Gasteiger partial charge in [-0.05, 0) is 32.8 Å². The van der Waals surface area contributed by atoms with Gasteiger partial charge in [-0.1, -0.05) is 0 Å². The van der Waals surface area contributed by atoms with E-state index in [0.29, 0.717) is 30.9 Å². The predicted octanol–water partition coefficient (Wildman–Crippen LogP) is 3.59. The molecule has 0 bridgehead atoms. The number of amides is 1. The van der Waals surface area contributed by atoms with Crippen molar-refractivity contribution in [1.82, 2.24) is 20.1 Å². The molecule has 1 amide bonds. The molecule has 1 N–H and O–H groups in total. The Morgan fingerprint density at radius 2 is 2.19 bits per heavy atom. The van der Waals surface area contributed by atoms with Crippen molar-refractivity contribution in [2.45, 2.75) is 63.6 Å². The Morgan fingerprint density at radius 1 is 1.41 bits per heavy atom. The second-order valence-corrected chi connectivity index (χ2v) is 7.68. The molecule has 3 heterocycles. The molecule has 0 radical (unpaired) electrons. The quantitative estimate of drug-likeness (QED) is 0.727. The Bertz CT molecular complexity index is 941. The lowest BCUT2D eigenvalue weighted by molar-refractivity contribution is 0.0953. The summed E-state index contributed by atoms with van der Waals surface area (Å²) in [6, 6.07) is 2.12. The number of pyridine rings is 1. The minimum absolute atomic E-state index is 0.0969. The van der Waals surface area contributed by atoms with Gasteiger partial charge in [0.05, 0.1) is 17.1 Å². The molecule has 0 atom stereocenters. The van der Waals surface area contributed by atoms with Crippen LogP contribution in [0.4, 0.5) is 0 Å². The number of rotatable bonds is 8. The highest BCUT2D eigenvalue weighted by atomic mass is 16.1. The van der Waals surface area contributed by atoms with Crippen molar-refractivity contribution >= 4 is 16.9 Å². The molecular weight excluding hydrogens is 340 g/mol. The third kappa shape index (κ3) is 3.57. The first-order valence-corrected chi connectivity index (χ1v) is 9.57. The van der Waals surface area contributed by atoms with E-state index >= 15 is 0 Å². The van der Waals surface area contributed by atoms with Crippen LogP contribution in [0, 0.1) is 12.3 Å². The van der Waals surface area contributed by atoms with Gasteiger partial charge in [0.15, 0.2) is 11.3 Å². The van der Waals surface area contributed by atoms with Gasteiger partial charge in [0.2, 0.25) is 0 Å².